The third kappa shape index (κ3) is 4.01. The van der Waals surface area contributed by atoms with Crippen LogP contribution in [0.1, 0.15) is 38.8 Å². The van der Waals surface area contributed by atoms with Gasteiger partial charge in [-0.15, -0.1) is 0 Å². The molecule has 0 spiro atoms. The smallest absolute Gasteiger partial charge is 0.412 e. The van der Waals surface area contributed by atoms with Gasteiger partial charge in [0.2, 0.25) is 0 Å². The van der Waals surface area contributed by atoms with Gasteiger partial charge in [-0.05, 0) is 26.3 Å². The van der Waals surface area contributed by atoms with Crippen molar-refractivity contribution in [2.75, 3.05) is 13.2 Å². The van der Waals surface area contributed by atoms with Gasteiger partial charge in [0.05, 0.1) is 24.4 Å². The van der Waals surface area contributed by atoms with Crippen molar-refractivity contribution >= 4 is 6.09 Å². The average molecular weight is 365 g/mol. The zero-order chi connectivity index (χ0) is 18.9. The number of carbonyl (C=O) groups excluding carboxylic acids is 1. The fourth-order valence-electron chi connectivity index (χ4n) is 3.50. The van der Waals surface area contributed by atoms with Crippen LogP contribution in [-0.2, 0) is 14.2 Å². The number of hydrogen-bond acceptors (Lipinski definition) is 6. The highest BCUT2D eigenvalue weighted by molar-refractivity contribution is 5.70. The first-order valence-corrected chi connectivity index (χ1v) is 8.92. The average Bonchev–Trinajstić information content (AvgIpc) is 2.98. The normalized spacial score (nSPS) is 32.6. The maximum Gasteiger partial charge on any atom is 0.412 e. The molecule has 2 aliphatic heterocycles. The Labute approximate surface area is 153 Å². The van der Waals surface area contributed by atoms with E-state index in [-0.39, 0.29) is 19.3 Å². The Kier molecular flexibility index (Phi) is 5.53. The lowest BCUT2D eigenvalue weighted by molar-refractivity contribution is -0.239. The monoisotopic (exact) mass is 365 g/mol. The molecule has 1 aromatic rings. The molecule has 0 saturated carbocycles. The number of aliphatic hydroxyl groups excluding tert-OH is 2. The van der Waals surface area contributed by atoms with Gasteiger partial charge in [-0.1, -0.05) is 30.3 Å². The van der Waals surface area contributed by atoms with Crippen molar-refractivity contribution < 1.29 is 29.2 Å². The maximum absolute atomic E-state index is 12.4. The first kappa shape index (κ1) is 19.1. The minimum atomic E-state index is -0.968. The van der Waals surface area contributed by atoms with E-state index in [9.17, 15) is 15.0 Å². The van der Waals surface area contributed by atoms with Crippen molar-refractivity contribution in [3.63, 3.8) is 0 Å². The van der Waals surface area contributed by atoms with Gasteiger partial charge in [0.25, 0.3) is 0 Å². The SMILES string of the molecule is CC(C)(C)O[C@@H]1C[C@H](N2C(=O)OC[C@H]2c2ccccc2)O[C@H](CO)[C@H]1O. The van der Waals surface area contributed by atoms with E-state index in [4.69, 9.17) is 14.2 Å². The van der Waals surface area contributed by atoms with Gasteiger partial charge >= 0.3 is 6.09 Å². The summed E-state index contributed by atoms with van der Waals surface area (Å²) in [5, 5.41) is 20.1. The lowest BCUT2D eigenvalue weighted by Crippen LogP contribution is -2.57. The molecule has 5 atom stereocenters. The highest BCUT2D eigenvalue weighted by Crippen LogP contribution is 2.36. The number of amides is 1. The fraction of sp³-hybridized carbons (Fsp3) is 0.632. The first-order valence-electron chi connectivity index (χ1n) is 8.92. The van der Waals surface area contributed by atoms with Gasteiger partial charge < -0.3 is 24.4 Å². The van der Waals surface area contributed by atoms with E-state index in [0.29, 0.717) is 6.42 Å². The summed E-state index contributed by atoms with van der Waals surface area (Å²) in [5.74, 6) is 0. The number of rotatable bonds is 4. The molecular weight excluding hydrogens is 338 g/mol. The molecule has 1 amide bonds. The topological polar surface area (TPSA) is 88.5 Å². The molecule has 0 aliphatic carbocycles. The van der Waals surface area contributed by atoms with E-state index >= 15 is 0 Å². The minimum absolute atomic E-state index is 0.236. The first-order chi connectivity index (χ1) is 12.3. The number of ether oxygens (including phenoxy) is 3. The third-order valence-corrected chi connectivity index (χ3v) is 4.62. The van der Waals surface area contributed by atoms with Crippen LogP contribution in [0.2, 0.25) is 0 Å². The predicted molar refractivity (Wildman–Crippen MR) is 93.4 cm³/mol. The van der Waals surface area contributed by atoms with Crippen molar-refractivity contribution in [3.05, 3.63) is 35.9 Å². The molecule has 2 aliphatic rings. The number of aliphatic hydroxyl groups is 2. The van der Waals surface area contributed by atoms with Gasteiger partial charge in [-0.2, -0.15) is 0 Å². The Morgan fingerprint density at radius 2 is 1.96 bits per heavy atom. The zero-order valence-electron chi connectivity index (χ0n) is 15.4. The summed E-state index contributed by atoms with van der Waals surface area (Å²) < 4.78 is 17.1. The second-order valence-corrected chi connectivity index (χ2v) is 7.72. The molecule has 3 rings (SSSR count). The molecule has 0 aromatic heterocycles. The van der Waals surface area contributed by atoms with Crippen LogP contribution in [0, 0.1) is 0 Å². The van der Waals surface area contributed by atoms with Crippen molar-refractivity contribution in [1.82, 2.24) is 4.90 Å². The standard InChI is InChI=1S/C19H27NO6/c1-19(2,3)26-14-9-16(25-15(10-21)17(14)22)20-13(11-24-18(20)23)12-7-5-4-6-8-12/h4-8,13-17,21-22H,9-11H2,1-3H3/t13-,14+,15+,16+,17-/m0/s1. The van der Waals surface area contributed by atoms with Crippen molar-refractivity contribution in [2.45, 2.75) is 63.4 Å². The summed E-state index contributed by atoms with van der Waals surface area (Å²) in [7, 11) is 0. The van der Waals surface area contributed by atoms with Crippen LogP contribution in [0.5, 0.6) is 0 Å². The Bertz CT molecular complexity index is 616. The lowest BCUT2D eigenvalue weighted by Gasteiger charge is -2.44. The highest BCUT2D eigenvalue weighted by Gasteiger charge is 2.47. The van der Waals surface area contributed by atoms with E-state index in [2.05, 4.69) is 0 Å². The summed E-state index contributed by atoms with van der Waals surface area (Å²) in [4.78, 5) is 13.9. The van der Waals surface area contributed by atoms with Gasteiger partial charge in [-0.3, -0.25) is 4.90 Å². The Morgan fingerprint density at radius 3 is 2.58 bits per heavy atom. The van der Waals surface area contributed by atoms with Crippen molar-refractivity contribution in [1.29, 1.82) is 0 Å². The largest absolute Gasteiger partial charge is 0.447 e. The summed E-state index contributed by atoms with van der Waals surface area (Å²) in [6.45, 7) is 5.57. The third-order valence-electron chi connectivity index (χ3n) is 4.62. The zero-order valence-corrected chi connectivity index (χ0v) is 15.4. The molecule has 1 aromatic carbocycles. The number of carbonyl (C=O) groups is 1. The van der Waals surface area contributed by atoms with Gasteiger partial charge in [0.15, 0.2) is 0 Å². The maximum atomic E-state index is 12.4. The molecule has 7 nitrogen and oxygen atoms in total. The molecule has 0 radical (unpaired) electrons. The number of benzene rings is 1. The number of hydrogen-bond donors (Lipinski definition) is 2. The highest BCUT2D eigenvalue weighted by atomic mass is 16.6. The lowest BCUT2D eigenvalue weighted by atomic mass is 9.98. The quantitative estimate of drug-likeness (QED) is 0.846. The minimum Gasteiger partial charge on any atom is -0.447 e. The van der Waals surface area contributed by atoms with Gasteiger partial charge in [0.1, 0.15) is 25.0 Å². The van der Waals surface area contributed by atoms with E-state index in [0.717, 1.165) is 5.56 Å². The molecule has 26 heavy (non-hydrogen) atoms. The van der Waals surface area contributed by atoms with Gasteiger partial charge in [0, 0.05) is 6.42 Å². The number of nitrogens with zero attached hydrogens (tertiary/aromatic N) is 1. The van der Waals surface area contributed by atoms with Crippen LogP contribution in [0.25, 0.3) is 0 Å². The molecule has 2 saturated heterocycles. The Balaban J connectivity index is 1.84. The van der Waals surface area contributed by atoms with E-state index in [1.807, 2.05) is 51.1 Å². The van der Waals surface area contributed by atoms with Crippen LogP contribution in [0.3, 0.4) is 0 Å². The van der Waals surface area contributed by atoms with E-state index < -0.39 is 36.2 Å². The molecular formula is C19H27NO6. The van der Waals surface area contributed by atoms with Gasteiger partial charge in [-0.25, -0.2) is 4.79 Å². The summed E-state index contributed by atoms with van der Waals surface area (Å²) in [6.07, 6.45) is -3.17. The second kappa shape index (κ2) is 7.52. The summed E-state index contributed by atoms with van der Waals surface area (Å²) in [6, 6.07) is 9.31. The second-order valence-electron chi connectivity index (χ2n) is 7.72. The molecule has 0 bridgehead atoms. The summed E-state index contributed by atoms with van der Waals surface area (Å²) in [5.41, 5.74) is 0.472. The molecule has 2 N–H and O–H groups in total. The van der Waals surface area contributed by atoms with Crippen LogP contribution in [0.15, 0.2) is 30.3 Å². The molecule has 7 heteroatoms. The van der Waals surface area contributed by atoms with E-state index in [1.165, 1.54) is 0 Å². The Morgan fingerprint density at radius 1 is 1.27 bits per heavy atom. The molecule has 144 valence electrons. The number of cyclic esters (lactones) is 1. The molecule has 0 unspecified atom stereocenters. The van der Waals surface area contributed by atoms with Crippen molar-refractivity contribution in [2.24, 2.45) is 0 Å². The predicted octanol–water partition coefficient (Wildman–Crippen LogP) is 1.83. The molecule has 2 fully saturated rings. The molecule has 2 heterocycles. The van der Waals surface area contributed by atoms with Crippen LogP contribution < -0.4 is 0 Å². The summed E-state index contributed by atoms with van der Waals surface area (Å²) >= 11 is 0. The fourth-order valence-corrected chi connectivity index (χ4v) is 3.50. The van der Waals surface area contributed by atoms with Crippen molar-refractivity contribution in [3.8, 4) is 0 Å². The Hall–Kier alpha value is -1.67. The van der Waals surface area contributed by atoms with E-state index in [1.54, 1.807) is 4.90 Å². The van der Waals surface area contributed by atoms with Crippen LogP contribution in [-0.4, -0.2) is 64.6 Å². The van der Waals surface area contributed by atoms with Crippen LogP contribution in [0.4, 0.5) is 4.79 Å². The van der Waals surface area contributed by atoms with Crippen LogP contribution >= 0.6 is 0 Å².